The molecule has 0 amide bonds. The molecular weight excluding hydrogens is 188 g/mol. The van der Waals surface area contributed by atoms with Crippen molar-refractivity contribution in [3.05, 3.63) is 17.3 Å². The third-order valence-electron chi connectivity index (χ3n) is 1.61. The minimum Gasteiger partial charge on any atom is -0.477 e. The minimum atomic E-state index is 0.390. The molecule has 1 aromatic rings. The summed E-state index contributed by atoms with van der Waals surface area (Å²) in [5, 5.41) is 7.83. The number of rotatable bonds is 5. The average Bonchev–Trinajstić information content (AvgIpc) is 2.15. The normalized spacial score (nSPS) is 10.0. The van der Waals surface area contributed by atoms with Crippen molar-refractivity contribution in [3.63, 3.8) is 0 Å². The van der Waals surface area contributed by atoms with Gasteiger partial charge in [-0.05, 0) is 12.5 Å². The van der Waals surface area contributed by atoms with E-state index in [9.17, 15) is 0 Å². The Kier molecular flexibility index (Phi) is 4.54. The smallest absolute Gasteiger partial charge is 0.233 e. The van der Waals surface area contributed by atoms with Crippen LogP contribution in [0.1, 0.15) is 26.2 Å². The topological polar surface area (TPSA) is 35.0 Å². The van der Waals surface area contributed by atoms with Gasteiger partial charge in [-0.15, -0.1) is 10.2 Å². The van der Waals surface area contributed by atoms with E-state index < -0.39 is 0 Å². The first-order valence-electron chi connectivity index (χ1n) is 4.45. The molecule has 1 aromatic heterocycles. The van der Waals surface area contributed by atoms with E-state index in [1.54, 1.807) is 12.1 Å². The summed E-state index contributed by atoms with van der Waals surface area (Å²) in [6, 6.07) is 3.39. The van der Waals surface area contributed by atoms with Crippen LogP contribution in [0.15, 0.2) is 12.1 Å². The lowest BCUT2D eigenvalue weighted by Crippen LogP contribution is -1.99. The Morgan fingerprint density at radius 2 is 2.15 bits per heavy atom. The first-order valence-corrected chi connectivity index (χ1v) is 4.82. The summed E-state index contributed by atoms with van der Waals surface area (Å²) in [5.74, 6) is 0.542. The minimum absolute atomic E-state index is 0.390. The van der Waals surface area contributed by atoms with Crippen LogP contribution < -0.4 is 4.74 Å². The van der Waals surface area contributed by atoms with E-state index in [-0.39, 0.29) is 0 Å². The maximum Gasteiger partial charge on any atom is 0.233 e. The molecule has 1 rings (SSSR count). The number of hydrogen-bond donors (Lipinski definition) is 0. The molecule has 0 aliphatic rings. The quantitative estimate of drug-likeness (QED) is 0.686. The molecule has 0 aliphatic heterocycles. The van der Waals surface area contributed by atoms with Gasteiger partial charge in [0.25, 0.3) is 0 Å². The molecule has 0 atom stereocenters. The second-order valence-corrected chi connectivity index (χ2v) is 3.14. The van der Waals surface area contributed by atoms with E-state index in [4.69, 9.17) is 16.3 Å². The fourth-order valence-corrected chi connectivity index (χ4v) is 1.01. The van der Waals surface area contributed by atoms with Crippen LogP contribution >= 0.6 is 11.6 Å². The van der Waals surface area contributed by atoms with Gasteiger partial charge >= 0.3 is 0 Å². The maximum absolute atomic E-state index is 5.57. The monoisotopic (exact) mass is 200 g/mol. The van der Waals surface area contributed by atoms with Crippen molar-refractivity contribution in [2.24, 2.45) is 0 Å². The summed E-state index contributed by atoms with van der Waals surface area (Å²) in [6.45, 7) is 2.85. The molecular formula is C9H13ClN2O. The standard InChI is InChI=1S/C9H13ClN2O/c1-2-3-4-7-13-9-6-5-8(10)11-12-9/h5-6H,2-4,7H2,1H3. The average molecular weight is 201 g/mol. The van der Waals surface area contributed by atoms with Crippen LogP contribution in [0.3, 0.4) is 0 Å². The Bertz CT molecular complexity index is 238. The fourth-order valence-electron chi connectivity index (χ4n) is 0.910. The molecule has 0 unspecified atom stereocenters. The largest absolute Gasteiger partial charge is 0.477 e. The van der Waals surface area contributed by atoms with Gasteiger partial charge in [-0.2, -0.15) is 0 Å². The number of ether oxygens (including phenoxy) is 1. The van der Waals surface area contributed by atoms with Crippen LogP contribution in [0, 0.1) is 0 Å². The Labute approximate surface area is 83.1 Å². The van der Waals surface area contributed by atoms with Crippen LogP contribution in [0.2, 0.25) is 5.15 Å². The second-order valence-electron chi connectivity index (χ2n) is 2.75. The van der Waals surface area contributed by atoms with E-state index in [2.05, 4.69) is 17.1 Å². The number of halogens is 1. The number of aromatic nitrogens is 2. The molecule has 0 aliphatic carbocycles. The fraction of sp³-hybridized carbons (Fsp3) is 0.556. The zero-order chi connectivity index (χ0) is 9.52. The SMILES string of the molecule is CCCCCOc1ccc(Cl)nn1. The number of unbranched alkanes of at least 4 members (excludes halogenated alkanes) is 2. The Balaban J connectivity index is 2.25. The Morgan fingerprint density at radius 1 is 1.31 bits per heavy atom. The van der Waals surface area contributed by atoms with Gasteiger partial charge in [0.2, 0.25) is 5.88 Å². The first-order chi connectivity index (χ1) is 6.33. The third kappa shape index (κ3) is 4.08. The van der Waals surface area contributed by atoms with E-state index in [1.807, 2.05) is 0 Å². The zero-order valence-corrected chi connectivity index (χ0v) is 8.42. The van der Waals surface area contributed by atoms with Crippen molar-refractivity contribution >= 4 is 11.6 Å². The van der Waals surface area contributed by atoms with Crippen molar-refractivity contribution < 1.29 is 4.74 Å². The van der Waals surface area contributed by atoms with Gasteiger partial charge in [-0.3, -0.25) is 0 Å². The predicted octanol–water partition coefficient (Wildman–Crippen LogP) is 2.70. The molecule has 72 valence electrons. The van der Waals surface area contributed by atoms with Crippen molar-refractivity contribution in [1.29, 1.82) is 0 Å². The molecule has 4 heteroatoms. The van der Waals surface area contributed by atoms with Gasteiger partial charge in [-0.25, -0.2) is 0 Å². The highest BCUT2D eigenvalue weighted by Crippen LogP contribution is 2.08. The lowest BCUT2D eigenvalue weighted by molar-refractivity contribution is 0.291. The molecule has 0 spiro atoms. The predicted molar refractivity (Wildman–Crippen MR) is 52.1 cm³/mol. The van der Waals surface area contributed by atoms with Crippen molar-refractivity contribution in [3.8, 4) is 5.88 Å². The summed E-state index contributed by atoms with van der Waals surface area (Å²) in [7, 11) is 0. The van der Waals surface area contributed by atoms with E-state index >= 15 is 0 Å². The second kappa shape index (κ2) is 5.75. The maximum atomic E-state index is 5.57. The molecule has 0 fully saturated rings. The Hall–Kier alpha value is -0.830. The van der Waals surface area contributed by atoms with Crippen LogP contribution in [0.4, 0.5) is 0 Å². The molecule has 0 radical (unpaired) electrons. The van der Waals surface area contributed by atoms with Crippen molar-refractivity contribution in [2.45, 2.75) is 26.2 Å². The molecule has 13 heavy (non-hydrogen) atoms. The summed E-state index contributed by atoms with van der Waals surface area (Å²) >= 11 is 5.57. The van der Waals surface area contributed by atoms with Gasteiger partial charge in [0.1, 0.15) is 0 Å². The summed E-state index contributed by atoms with van der Waals surface area (Å²) < 4.78 is 5.33. The molecule has 0 bridgehead atoms. The highest BCUT2D eigenvalue weighted by atomic mass is 35.5. The van der Waals surface area contributed by atoms with Gasteiger partial charge in [0.15, 0.2) is 5.15 Å². The number of nitrogens with zero attached hydrogens (tertiary/aromatic N) is 2. The van der Waals surface area contributed by atoms with Crippen LogP contribution in [0.5, 0.6) is 5.88 Å². The lowest BCUT2D eigenvalue weighted by Gasteiger charge is -2.02. The van der Waals surface area contributed by atoms with Gasteiger partial charge < -0.3 is 4.74 Å². The van der Waals surface area contributed by atoms with E-state index in [1.165, 1.54) is 12.8 Å². The molecule has 0 N–H and O–H groups in total. The lowest BCUT2D eigenvalue weighted by atomic mass is 10.3. The first kappa shape index (κ1) is 10.3. The molecule has 0 aromatic carbocycles. The number of hydrogen-bond acceptors (Lipinski definition) is 3. The summed E-state index contributed by atoms with van der Waals surface area (Å²) in [4.78, 5) is 0. The molecule has 0 saturated carbocycles. The van der Waals surface area contributed by atoms with Crippen LogP contribution in [0.25, 0.3) is 0 Å². The van der Waals surface area contributed by atoms with Gasteiger partial charge in [0.05, 0.1) is 6.61 Å². The highest BCUT2D eigenvalue weighted by Gasteiger charge is 1.95. The summed E-state index contributed by atoms with van der Waals surface area (Å²) in [5.41, 5.74) is 0. The third-order valence-corrected chi connectivity index (χ3v) is 1.81. The van der Waals surface area contributed by atoms with Crippen LogP contribution in [-0.2, 0) is 0 Å². The molecule has 3 nitrogen and oxygen atoms in total. The zero-order valence-electron chi connectivity index (χ0n) is 7.66. The van der Waals surface area contributed by atoms with Crippen molar-refractivity contribution in [2.75, 3.05) is 6.61 Å². The summed E-state index contributed by atoms with van der Waals surface area (Å²) in [6.07, 6.45) is 3.43. The van der Waals surface area contributed by atoms with Gasteiger partial charge in [-0.1, -0.05) is 31.4 Å². The van der Waals surface area contributed by atoms with Gasteiger partial charge in [0, 0.05) is 6.07 Å². The van der Waals surface area contributed by atoms with E-state index in [0.717, 1.165) is 6.42 Å². The van der Waals surface area contributed by atoms with Crippen LogP contribution in [-0.4, -0.2) is 16.8 Å². The Morgan fingerprint density at radius 3 is 2.77 bits per heavy atom. The van der Waals surface area contributed by atoms with Crippen molar-refractivity contribution in [1.82, 2.24) is 10.2 Å². The highest BCUT2D eigenvalue weighted by molar-refractivity contribution is 6.29. The van der Waals surface area contributed by atoms with E-state index in [0.29, 0.717) is 17.6 Å². The molecule has 1 heterocycles. The molecule has 0 saturated heterocycles.